The van der Waals surface area contributed by atoms with Crippen molar-refractivity contribution in [3.05, 3.63) is 0 Å². The molecule has 3 atom stereocenters. The first kappa shape index (κ1) is 8.50. The van der Waals surface area contributed by atoms with Crippen LogP contribution >= 0.6 is 0 Å². The molecule has 2 fully saturated rings. The zero-order valence-electron chi connectivity index (χ0n) is 7.25. The number of fused-ring (bicyclic) bond motifs is 1. The largest absolute Gasteiger partial charge is 0.334 e. The zero-order chi connectivity index (χ0) is 9.42. The van der Waals surface area contributed by atoms with Crippen LogP contribution in [0, 0.1) is 5.92 Å². The Morgan fingerprint density at radius 1 is 1.31 bits per heavy atom. The SMILES string of the molecule is NC1CCC2C(=O)NC(=O)NC2C1. The summed E-state index contributed by atoms with van der Waals surface area (Å²) in [4.78, 5) is 22.3. The molecule has 3 amide bonds. The van der Waals surface area contributed by atoms with Crippen LogP contribution in [0.4, 0.5) is 4.79 Å². The molecule has 0 aromatic carbocycles. The molecule has 1 heterocycles. The summed E-state index contributed by atoms with van der Waals surface area (Å²) in [5.74, 6) is -0.224. The highest BCUT2D eigenvalue weighted by Gasteiger charge is 2.38. The summed E-state index contributed by atoms with van der Waals surface area (Å²) in [6.07, 6.45) is 2.35. The van der Waals surface area contributed by atoms with Crippen LogP contribution in [0.5, 0.6) is 0 Å². The molecule has 1 aliphatic heterocycles. The molecule has 3 unspecified atom stereocenters. The Hall–Kier alpha value is -1.10. The van der Waals surface area contributed by atoms with E-state index >= 15 is 0 Å². The lowest BCUT2D eigenvalue weighted by Gasteiger charge is -2.37. The summed E-state index contributed by atoms with van der Waals surface area (Å²) in [6.45, 7) is 0. The molecule has 1 saturated carbocycles. The Kier molecular flexibility index (Phi) is 1.95. The second-order valence-corrected chi connectivity index (χ2v) is 3.75. The van der Waals surface area contributed by atoms with Crippen LogP contribution in [0.3, 0.4) is 0 Å². The monoisotopic (exact) mass is 183 g/mol. The van der Waals surface area contributed by atoms with Crippen LogP contribution in [-0.4, -0.2) is 24.0 Å². The van der Waals surface area contributed by atoms with Gasteiger partial charge >= 0.3 is 6.03 Å². The van der Waals surface area contributed by atoms with Crippen molar-refractivity contribution in [2.75, 3.05) is 0 Å². The number of amides is 3. The summed E-state index contributed by atoms with van der Waals surface area (Å²) < 4.78 is 0. The number of nitrogens with one attached hydrogen (secondary N) is 2. The van der Waals surface area contributed by atoms with Gasteiger partial charge in [-0.05, 0) is 19.3 Å². The van der Waals surface area contributed by atoms with Crippen LogP contribution < -0.4 is 16.4 Å². The summed E-state index contributed by atoms with van der Waals surface area (Å²) in [5.41, 5.74) is 5.75. The number of carbonyl (C=O) groups excluding carboxylic acids is 2. The smallest absolute Gasteiger partial charge is 0.321 e. The van der Waals surface area contributed by atoms with Gasteiger partial charge in [-0.3, -0.25) is 10.1 Å². The number of hydrogen-bond acceptors (Lipinski definition) is 3. The van der Waals surface area contributed by atoms with Crippen molar-refractivity contribution in [2.45, 2.75) is 31.3 Å². The molecule has 2 rings (SSSR count). The van der Waals surface area contributed by atoms with Gasteiger partial charge in [-0.1, -0.05) is 0 Å². The molecular weight excluding hydrogens is 170 g/mol. The molecule has 0 spiro atoms. The van der Waals surface area contributed by atoms with Crippen molar-refractivity contribution in [3.8, 4) is 0 Å². The van der Waals surface area contributed by atoms with Crippen molar-refractivity contribution in [1.29, 1.82) is 0 Å². The number of hydrogen-bond donors (Lipinski definition) is 3. The molecule has 4 N–H and O–H groups in total. The van der Waals surface area contributed by atoms with Gasteiger partial charge in [0.1, 0.15) is 0 Å². The van der Waals surface area contributed by atoms with Crippen LogP contribution in [0.15, 0.2) is 0 Å². The van der Waals surface area contributed by atoms with Gasteiger partial charge in [0.05, 0.1) is 5.92 Å². The van der Waals surface area contributed by atoms with Gasteiger partial charge < -0.3 is 11.1 Å². The molecule has 72 valence electrons. The fourth-order valence-corrected chi connectivity index (χ4v) is 2.09. The first-order chi connectivity index (χ1) is 6.16. The number of nitrogens with two attached hydrogens (primary N) is 1. The van der Waals surface area contributed by atoms with Gasteiger partial charge in [0.15, 0.2) is 0 Å². The molecule has 0 aromatic heterocycles. The van der Waals surface area contributed by atoms with E-state index in [1.165, 1.54) is 0 Å². The molecule has 0 aromatic rings. The highest BCUT2D eigenvalue weighted by molar-refractivity contribution is 5.98. The van der Waals surface area contributed by atoms with Crippen molar-refractivity contribution in [1.82, 2.24) is 10.6 Å². The second-order valence-electron chi connectivity index (χ2n) is 3.75. The predicted molar refractivity (Wildman–Crippen MR) is 45.8 cm³/mol. The Morgan fingerprint density at radius 3 is 2.85 bits per heavy atom. The molecular formula is C8H13N3O2. The van der Waals surface area contributed by atoms with E-state index in [9.17, 15) is 9.59 Å². The zero-order valence-corrected chi connectivity index (χ0v) is 7.25. The van der Waals surface area contributed by atoms with E-state index in [1.807, 2.05) is 0 Å². The van der Waals surface area contributed by atoms with Crippen LogP contribution in [0.2, 0.25) is 0 Å². The van der Waals surface area contributed by atoms with Crippen molar-refractivity contribution in [2.24, 2.45) is 11.7 Å². The quantitative estimate of drug-likeness (QED) is 0.465. The molecule has 1 aliphatic carbocycles. The van der Waals surface area contributed by atoms with Crippen LogP contribution in [0.1, 0.15) is 19.3 Å². The maximum absolute atomic E-state index is 11.3. The van der Waals surface area contributed by atoms with Crippen LogP contribution in [0.25, 0.3) is 0 Å². The minimum absolute atomic E-state index is 0.0509. The normalized spacial score (nSPS) is 39.0. The molecule has 2 aliphatic rings. The molecule has 0 radical (unpaired) electrons. The summed E-state index contributed by atoms with van der Waals surface area (Å²) in [6, 6.07) is -0.321. The molecule has 5 nitrogen and oxygen atoms in total. The van der Waals surface area contributed by atoms with Crippen LogP contribution in [-0.2, 0) is 4.79 Å². The van der Waals surface area contributed by atoms with Gasteiger partial charge in [-0.15, -0.1) is 0 Å². The Morgan fingerprint density at radius 2 is 2.08 bits per heavy atom. The number of carbonyl (C=O) groups is 2. The van der Waals surface area contributed by atoms with E-state index in [1.54, 1.807) is 0 Å². The minimum atomic E-state index is -0.389. The first-order valence-electron chi connectivity index (χ1n) is 4.54. The summed E-state index contributed by atoms with van der Waals surface area (Å²) >= 11 is 0. The Bertz CT molecular complexity index is 254. The lowest BCUT2D eigenvalue weighted by atomic mass is 9.80. The highest BCUT2D eigenvalue weighted by Crippen LogP contribution is 2.25. The number of rotatable bonds is 0. The average Bonchev–Trinajstić information content (AvgIpc) is 2.02. The molecule has 5 heteroatoms. The minimum Gasteiger partial charge on any atom is -0.334 e. The van der Waals surface area contributed by atoms with Gasteiger partial charge in [0.2, 0.25) is 5.91 Å². The second kappa shape index (κ2) is 2.99. The molecule has 0 bridgehead atoms. The Balaban J connectivity index is 2.10. The number of urea groups is 1. The van der Waals surface area contributed by atoms with E-state index in [-0.39, 0.29) is 29.9 Å². The maximum atomic E-state index is 11.3. The third kappa shape index (κ3) is 1.51. The number of imide groups is 1. The van der Waals surface area contributed by atoms with Gasteiger partial charge in [-0.2, -0.15) is 0 Å². The van der Waals surface area contributed by atoms with Crippen molar-refractivity contribution >= 4 is 11.9 Å². The maximum Gasteiger partial charge on any atom is 0.321 e. The fourth-order valence-electron chi connectivity index (χ4n) is 2.09. The van der Waals surface area contributed by atoms with Gasteiger partial charge in [0.25, 0.3) is 0 Å². The van der Waals surface area contributed by atoms with Gasteiger partial charge in [-0.25, -0.2) is 4.79 Å². The fraction of sp³-hybridized carbons (Fsp3) is 0.750. The van der Waals surface area contributed by atoms with E-state index in [2.05, 4.69) is 10.6 Å². The van der Waals surface area contributed by atoms with E-state index in [0.717, 1.165) is 12.8 Å². The molecule has 13 heavy (non-hydrogen) atoms. The van der Waals surface area contributed by atoms with Crippen molar-refractivity contribution in [3.63, 3.8) is 0 Å². The third-order valence-electron chi connectivity index (χ3n) is 2.78. The standard InChI is InChI=1S/C8H13N3O2/c9-4-1-2-5-6(3-4)10-8(13)11-7(5)12/h4-6H,1-3,9H2,(H2,10,11,12,13). The Labute approximate surface area is 76.0 Å². The lowest BCUT2D eigenvalue weighted by molar-refractivity contribution is -0.126. The highest BCUT2D eigenvalue weighted by atomic mass is 16.2. The van der Waals surface area contributed by atoms with E-state index in [4.69, 9.17) is 5.73 Å². The third-order valence-corrected chi connectivity index (χ3v) is 2.78. The molecule has 1 saturated heterocycles. The predicted octanol–water partition coefficient (Wildman–Crippen LogP) is -0.678. The van der Waals surface area contributed by atoms with Crippen molar-refractivity contribution < 1.29 is 9.59 Å². The average molecular weight is 183 g/mol. The summed E-state index contributed by atoms with van der Waals surface area (Å²) in [5, 5.41) is 4.99. The lowest BCUT2D eigenvalue weighted by Crippen LogP contribution is -2.61. The topological polar surface area (TPSA) is 84.2 Å². The first-order valence-corrected chi connectivity index (χ1v) is 4.54. The summed E-state index contributed by atoms with van der Waals surface area (Å²) in [7, 11) is 0. The van der Waals surface area contributed by atoms with E-state index in [0.29, 0.717) is 6.42 Å². The van der Waals surface area contributed by atoms with E-state index < -0.39 is 0 Å². The van der Waals surface area contributed by atoms with Gasteiger partial charge in [0, 0.05) is 12.1 Å².